The van der Waals surface area contributed by atoms with Gasteiger partial charge in [0.15, 0.2) is 0 Å². The minimum absolute atomic E-state index is 0.176. The summed E-state index contributed by atoms with van der Waals surface area (Å²) >= 11 is 0. The SMILES string of the molecule is C=C(C)C(=O)Oc1ccc(-c2ccc(-c3ccc(OC(=O)C(C)(C)C)cc3F)cc2)cc1. The highest BCUT2D eigenvalue weighted by Gasteiger charge is 2.24. The average molecular weight is 432 g/mol. The topological polar surface area (TPSA) is 52.6 Å². The van der Waals surface area contributed by atoms with E-state index in [9.17, 15) is 14.0 Å². The molecule has 0 aliphatic carbocycles. The summed E-state index contributed by atoms with van der Waals surface area (Å²) in [4.78, 5) is 23.6. The standard InChI is InChI=1S/C27H25FO4/c1-17(2)25(29)31-21-12-10-19(11-13-21)18-6-8-20(9-7-18)23-15-14-22(16-24(23)28)32-26(30)27(3,4)5/h6-16H,1H2,2-5H3. The van der Waals surface area contributed by atoms with E-state index in [1.165, 1.54) is 6.07 Å². The molecule has 0 N–H and O–H groups in total. The molecule has 164 valence electrons. The Bertz CT molecular complexity index is 1150. The maximum atomic E-state index is 14.7. The molecule has 0 saturated heterocycles. The van der Waals surface area contributed by atoms with Crippen molar-refractivity contribution in [2.45, 2.75) is 27.7 Å². The van der Waals surface area contributed by atoms with E-state index in [4.69, 9.17) is 9.47 Å². The number of ether oxygens (including phenoxy) is 2. The Labute approximate surface area is 187 Å². The molecule has 0 aliphatic rings. The first-order valence-corrected chi connectivity index (χ1v) is 10.1. The number of benzene rings is 3. The smallest absolute Gasteiger partial charge is 0.338 e. The minimum Gasteiger partial charge on any atom is -0.426 e. The van der Waals surface area contributed by atoms with Crippen LogP contribution in [0.4, 0.5) is 4.39 Å². The number of hydrogen-bond donors (Lipinski definition) is 0. The lowest BCUT2D eigenvalue weighted by atomic mass is 9.97. The molecule has 3 aromatic rings. The number of esters is 2. The minimum atomic E-state index is -0.671. The highest BCUT2D eigenvalue weighted by molar-refractivity contribution is 5.88. The van der Waals surface area contributed by atoms with Crippen LogP contribution in [0.2, 0.25) is 0 Å². The van der Waals surface area contributed by atoms with Crippen molar-refractivity contribution in [3.63, 3.8) is 0 Å². The van der Waals surface area contributed by atoms with Crippen LogP contribution in [0.25, 0.3) is 22.3 Å². The van der Waals surface area contributed by atoms with Crippen LogP contribution >= 0.6 is 0 Å². The van der Waals surface area contributed by atoms with Crippen molar-refractivity contribution in [1.29, 1.82) is 0 Å². The Morgan fingerprint density at radius 2 is 1.28 bits per heavy atom. The zero-order chi connectivity index (χ0) is 23.5. The van der Waals surface area contributed by atoms with Gasteiger partial charge in [-0.3, -0.25) is 4.79 Å². The van der Waals surface area contributed by atoms with Crippen LogP contribution in [0.1, 0.15) is 27.7 Å². The fourth-order valence-electron chi connectivity index (χ4n) is 2.81. The van der Waals surface area contributed by atoms with Crippen LogP contribution in [-0.2, 0) is 9.59 Å². The van der Waals surface area contributed by atoms with Gasteiger partial charge in [0.05, 0.1) is 5.41 Å². The molecule has 0 radical (unpaired) electrons. The number of carbonyl (C=O) groups is 2. The molecular formula is C27H25FO4. The molecule has 3 aromatic carbocycles. The molecule has 0 saturated carbocycles. The van der Waals surface area contributed by atoms with E-state index in [-0.39, 0.29) is 5.75 Å². The summed E-state index contributed by atoms with van der Waals surface area (Å²) in [6.45, 7) is 10.4. The van der Waals surface area contributed by atoms with E-state index in [1.807, 2.05) is 36.4 Å². The Hall–Kier alpha value is -3.73. The zero-order valence-electron chi connectivity index (χ0n) is 18.6. The van der Waals surface area contributed by atoms with Crippen molar-refractivity contribution < 1.29 is 23.5 Å². The molecule has 5 heteroatoms. The predicted molar refractivity (Wildman–Crippen MR) is 123 cm³/mol. The highest BCUT2D eigenvalue weighted by atomic mass is 19.1. The van der Waals surface area contributed by atoms with Gasteiger partial charge >= 0.3 is 11.9 Å². The molecule has 0 aromatic heterocycles. The van der Waals surface area contributed by atoms with Crippen LogP contribution in [0.5, 0.6) is 11.5 Å². The van der Waals surface area contributed by atoms with Crippen LogP contribution in [0.15, 0.2) is 78.9 Å². The molecule has 0 heterocycles. The van der Waals surface area contributed by atoms with Gasteiger partial charge in [-0.25, -0.2) is 9.18 Å². The molecule has 0 amide bonds. The molecular weight excluding hydrogens is 407 g/mol. The number of hydrogen-bond acceptors (Lipinski definition) is 4. The third kappa shape index (κ3) is 5.49. The van der Waals surface area contributed by atoms with Gasteiger partial charge < -0.3 is 9.47 Å². The quantitative estimate of drug-likeness (QED) is 0.259. The lowest BCUT2D eigenvalue weighted by Crippen LogP contribution is -2.25. The largest absolute Gasteiger partial charge is 0.426 e. The second kappa shape index (κ2) is 9.18. The molecule has 0 unspecified atom stereocenters. The summed E-state index contributed by atoms with van der Waals surface area (Å²) in [5.74, 6) is -0.749. The Morgan fingerprint density at radius 3 is 1.78 bits per heavy atom. The first-order chi connectivity index (χ1) is 15.0. The van der Waals surface area contributed by atoms with Gasteiger partial charge in [-0.15, -0.1) is 0 Å². The van der Waals surface area contributed by atoms with Crippen LogP contribution in [0.3, 0.4) is 0 Å². The molecule has 0 aliphatic heterocycles. The zero-order valence-corrected chi connectivity index (χ0v) is 18.6. The van der Waals surface area contributed by atoms with Gasteiger partial charge in [0, 0.05) is 17.2 Å². The van der Waals surface area contributed by atoms with Gasteiger partial charge in [-0.2, -0.15) is 0 Å². The van der Waals surface area contributed by atoms with Crippen molar-refractivity contribution in [3.05, 3.63) is 84.7 Å². The third-order valence-electron chi connectivity index (χ3n) is 4.71. The van der Waals surface area contributed by atoms with Crippen molar-refractivity contribution in [2.24, 2.45) is 5.41 Å². The molecule has 32 heavy (non-hydrogen) atoms. The van der Waals surface area contributed by atoms with Crippen LogP contribution in [0, 0.1) is 11.2 Å². The number of rotatable bonds is 5. The molecule has 0 spiro atoms. The van der Waals surface area contributed by atoms with E-state index in [0.717, 1.165) is 11.1 Å². The number of carbonyl (C=O) groups excluding carboxylic acids is 2. The Kier molecular flexibility index (Phi) is 6.58. The Morgan fingerprint density at radius 1 is 0.781 bits per heavy atom. The fourth-order valence-corrected chi connectivity index (χ4v) is 2.81. The summed E-state index contributed by atoms with van der Waals surface area (Å²) < 4.78 is 25.1. The van der Waals surface area contributed by atoms with Crippen LogP contribution < -0.4 is 9.47 Å². The lowest BCUT2D eigenvalue weighted by molar-refractivity contribution is -0.143. The molecule has 4 nitrogen and oxygen atoms in total. The van der Waals surface area contributed by atoms with Gasteiger partial charge in [-0.1, -0.05) is 43.0 Å². The summed E-state index contributed by atoms with van der Waals surface area (Å²) in [7, 11) is 0. The average Bonchev–Trinajstić information content (AvgIpc) is 2.74. The van der Waals surface area contributed by atoms with E-state index >= 15 is 0 Å². The number of halogens is 1. The maximum Gasteiger partial charge on any atom is 0.338 e. The second-order valence-electron chi connectivity index (χ2n) is 8.55. The van der Waals surface area contributed by atoms with Crippen molar-refractivity contribution in [1.82, 2.24) is 0 Å². The fraction of sp³-hybridized carbons (Fsp3) is 0.185. The second-order valence-corrected chi connectivity index (χ2v) is 8.55. The molecule has 0 bridgehead atoms. The van der Waals surface area contributed by atoms with Crippen molar-refractivity contribution in [2.75, 3.05) is 0 Å². The van der Waals surface area contributed by atoms with Crippen LogP contribution in [-0.4, -0.2) is 11.9 Å². The monoisotopic (exact) mass is 432 g/mol. The van der Waals surface area contributed by atoms with Gasteiger partial charge in [0.1, 0.15) is 17.3 Å². The van der Waals surface area contributed by atoms with E-state index < -0.39 is 23.2 Å². The molecule has 3 rings (SSSR count). The molecule has 0 atom stereocenters. The summed E-state index contributed by atoms with van der Waals surface area (Å²) in [5, 5.41) is 0. The summed E-state index contributed by atoms with van der Waals surface area (Å²) in [6, 6.07) is 18.9. The van der Waals surface area contributed by atoms with Gasteiger partial charge in [0.25, 0.3) is 0 Å². The van der Waals surface area contributed by atoms with Gasteiger partial charge in [0.2, 0.25) is 0 Å². The molecule has 0 fully saturated rings. The van der Waals surface area contributed by atoms with Crippen molar-refractivity contribution in [3.8, 4) is 33.8 Å². The van der Waals surface area contributed by atoms with E-state index in [2.05, 4.69) is 6.58 Å². The highest BCUT2D eigenvalue weighted by Crippen LogP contribution is 2.30. The lowest BCUT2D eigenvalue weighted by Gasteiger charge is -2.16. The van der Waals surface area contributed by atoms with Crippen molar-refractivity contribution >= 4 is 11.9 Å². The Balaban J connectivity index is 1.75. The first-order valence-electron chi connectivity index (χ1n) is 10.1. The summed E-state index contributed by atoms with van der Waals surface area (Å²) in [5.41, 5.74) is 2.63. The van der Waals surface area contributed by atoms with E-state index in [1.54, 1.807) is 52.0 Å². The predicted octanol–water partition coefficient (Wildman–Crippen LogP) is 6.59. The maximum absolute atomic E-state index is 14.7. The first kappa shape index (κ1) is 22.9. The summed E-state index contributed by atoms with van der Waals surface area (Å²) in [6.07, 6.45) is 0. The third-order valence-corrected chi connectivity index (χ3v) is 4.71. The normalized spacial score (nSPS) is 11.0. The van der Waals surface area contributed by atoms with Gasteiger partial charge in [-0.05, 0) is 68.7 Å². The van der Waals surface area contributed by atoms with E-state index in [0.29, 0.717) is 22.4 Å².